The van der Waals surface area contributed by atoms with Crippen LogP contribution in [-0.2, 0) is 0 Å². The number of aryl methyl sites for hydroxylation is 3. The molecule has 0 atom stereocenters. The van der Waals surface area contributed by atoms with Crippen LogP contribution < -0.4 is 5.32 Å². The lowest BCUT2D eigenvalue weighted by Gasteiger charge is -2.09. The average molecular weight is 296 g/mol. The molecule has 0 radical (unpaired) electrons. The predicted octanol–water partition coefficient (Wildman–Crippen LogP) is 4.35. The second-order valence-corrected chi connectivity index (χ2v) is 6.54. The number of anilines is 1. The van der Waals surface area contributed by atoms with Gasteiger partial charge in [0.1, 0.15) is 0 Å². The minimum Gasteiger partial charge on any atom is -0.378 e. The lowest BCUT2D eigenvalue weighted by Crippen LogP contribution is -2.15. The number of carbonyl (C=O) groups excluding carboxylic acids is 1. The van der Waals surface area contributed by atoms with Crippen molar-refractivity contribution in [1.29, 1.82) is 0 Å². The fourth-order valence-electron chi connectivity index (χ4n) is 3.31. The standard InChI is InChI=1S/C19H24N2O/c1-12-7-13(2)9-16(8-12)20-11-19(22)18-10-14(3)21(15(18)4)17-5-6-17/h7-10,17,20H,5-6,11H2,1-4H3. The van der Waals surface area contributed by atoms with Crippen LogP contribution in [0.4, 0.5) is 5.69 Å². The highest BCUT2D eigenvalue weighted by atomic mass is 16.1. The lowest BCUT2D eigenvalue weighted by atomic mass is 10.1. The number of Topliss-reactive ketones (excluding diaryl/α,β-unsaturated/α-hetero) is 1. The summed E-state index contributed by atoms with van der Waals surface area (Å²) < 4.78 is 2.32. The van der Waals surface area contributed by atoms with Gasteiger partial charge in [-0.25, -0.2) is 0 Å². The van der Waals surface area contributed by atoms with Crippen molar-refractivity contribution in [2.24, 2.45) is 0 Å². The van der Waals surface area contributed by atoms with E-state index in [4.69, 9.17) is 0 Å². The molecule has 0 saturated heterocycles. The van der Waals surface area contributed by atoms with Gasteiger partial charge in [0.05, 0.1) is 6.54 Å². The number of nitrogens with zero attached hydrogens (tertiary/aromatic N) is 1. The molecule has 22 heavy (non-hydrogen) atoms. The van der Waals surface area contributed by atoms with Gasteiger partial charge in [-0.3, -0.25) is 4.79 Å². The van der Waals surface area contributed by atoms with Crippen molar-refractivity contribution in [2.45, 2.75) is 46.6 Å². The second kappa shape index (κ2) is 5.64. The Morgan fingerprint density at radius 1 is 1.09 bits per heavy atom. The first-order chi connectivity index (χ1) is 10.5. The van der Waals surface area contributed by atoms with Gasteiger partial charge in [0.15, 0.2) is 5.78 Å². The molecular weight excluding hydrogens is 272 g/mol. The third kappa shape index (κ3) is 2.94. The second-order valence-electron chi connectivity index (χ2n) is 6.54. The lowest BCUT2D eigenvalue weighted by molar-refractivity contribution is 0.101. The molecule has 1 fully saturated rings. The van der Waals surface area contributed by atoms with Crippen LogP contribution in [0.3, 0.4) is 0 Å². The van der Waals surface area contributed by atoms with Crippen molar-refractivity contribution in [3.8, 4) is 0 Å². The fraction of sp³-hybridized carbons (Fsp3) is 0.421. The van der Waals surface area contributed by atoms with Gasteiger partial charge in [-0.05, 0) is 69.9 Å². The van der Waals surface area contributed by atoms with Crippen molar-refractivity contribution < 1.29 is 4.79 Å². The maximum absolute atomic E-state index is 12.5. The molecule has 1 aliphatic rings. The van der Waals surface area contributed by atoms with Crippen molar-refractivity contribution in [1.82, 2.24) is 4.57 Å². The highest BCUT2D eigenvalue weighted by Crippen LogP contribution is 2.38. The quantitative estimate of drug-likeness (QED) is 0.832. The number of benzene rings is 1. The summed E-state index contributed by atoms with van der Waals surface area (Å²) in [5.41, 5.74) is 6.62. The first-order valence-corrected chi connectivity index (χ1v) is 7.99. The SMILES string of the molecule is Cc1cc(C)cc(NCC(=O)c2cc(C)n(C3CC3)c2C)c1. The molecule has 1 aromatic carbocycles. The number of aromatic nitrogens is 1. The molecule has 1 aromatic heterocycles. The molecule has 3 rings (SSSR count). The molecule has 0 unspecified atom stereocenters. The van der Waals surface area contributed by atoms with Crippen molar-refractivity contribution >= 4 is 11.5 Å². The molecule has 3 nitrogen and oxygen atoms in total. The van der Waals surface area contributed by atoms with E-state index in [0.717, 1.165) is 16.9 Å². The van der Waals surface area contributed by atoms with E-state index in [1.165, 1.54) is 29.7 Å². The number of hydrogen-bond acceptors (Lipinski definition) is 2. The summed E-state index contributed by atoms with van der Waals surface area (Å²) in [6.45, 7) is 8.65. The van der Waals surface area contributed by atoms with Gasteiger partial charge in [-0.2, -0.15) is 0 Å². The number of hydrogen-bond donors (Lipinski definition) is 1. The average Bonchev–Trinajstić information content (AvgIpc) is 3.21. The van der Waals surface area contributed by atoms with Crippen molar-refractivity contribution in [3.63, 3.8) is 0 Å². The number of nitrogens with one attached hydrogen (secondary N) is 1. The number of rotatable bonds is 5. The highest BCUT2D eigenvalue weighted by molar-refractivity contribution is 6.00. The van der Waals surface area contributed by atoms with Crippen LogP contribution in [0, 0.1) is 27.7 Å². The molecule has 2 aromatic rings. The topological polar surface area (TPSA) is 34.0 Å². The van der Waals surface area contributed by atoms with E-state index >= 15 is 0 Å². The Labute approximate surface area is 132 Å². The minimum atomic E-state index is 0.166. The van der Waals surface area contributed by atoms with Gasteiger partial charge >= 0.3 is 0 Å². The van der Waals surface area contributed by atoms with Crippen LogP contribution in [0.5, 0.6) is 0 Å². The molecule has 1 aliphatic carbocycles. The van der Waals surface area contributed by atoms with E-state index < -0.39 is 0 Å². The first-order valence-electron chi connectivity index (χ1n) is 7.99. The van der Waals surface area contributed by atoms with E-state index in [2.05, 4.69) is 55.8 Å². The number of ketones is 1. The summed E-state index contributed by atoms with van der Waals surface area (Å²) in [4.78, 5) is 12.5. The third-order valence-electron chi connectivity index (χ3n) is 4.37. The molecule has 1 saturated carbocycles. The zero-order valence-electron chi connectivity index (χ0n) is 13.9. The smallest absolute Gasteiger partial charge is 0.183 e. The Balaban J connectivity index is 1.73. The molecule has 0 spiro atoms. The fourth-order valence-corrected chi connectivity index (χ4v) is 3.31. The molecular formula is C19H24N2O. The first kappa shape index (κ1) is 14.9. The van der Waals surface area contributed by atoms with E-state index in [0.29, 0.717) is 12.6 Å². The van der Waals surface area contributed by atoms with Crippen molar-refractivity contribution in [2.75, 3.05) is 11.9 Å². The molecule has 1 heterocycles. The minimum absolute atomic E-state index is 0.166. The Bertz CT molecular complexity index is 703. The van der Waals surface area contributed by atoms with E-state index in [9.17, 15) is 4.79 Å². The van der Waals surface area contributed by atoms with Gasteiger partial charge in [0, 0.05) is 28.7 Å². The normalized spacial score (nSPS) is 14.2. The van der Waals surface area contributed by atoms with Gasteiger partial charge in [-0.15, -0.1) is 0 Å². The maximum atomic E-state index is 12.5. The Morgan fingerprint density at radius 2 is 1.73 bits per heavy atom. The summed E-state index contributed by atoms with van der Waals surface area (Å²) in [6, 6.07) is 8.95. The maximum Gasteiger partial charge on any atom is 0.183 e. The van der Waals surface area contributed by atoms with Gasteiger partial charge in [-0.1, -0.05) is 6.07 Å². The van der Waals surface area contributed by atoms with E-state index in [1.807, 2.05) is 6.07 Å². The highest BCUT2D eigenvalue weighted by Gasteiger charge is 2.28. The summed E-state index contributed by atoms with van der Waals surface area (Å²) in [7, 11) is 0. The van der Waals surface area contributed by atoms with Crippen LogP contribution in [0.1, 0.15) is 51.8 Å². The number of carbonyl (C=O) groups is 1. The van der Waals surface area contributed by atoms with Gasteiger partial charge in [0.25, 0.3) is 0 Å². The van der Waals surface area contributed by atoms with Crippen LogP contribution in [-0.4, -0.2) is 16.9 Å². The molecule has 3 heteroatoms. The van der Waals surface area contributed by atoms with Crippen LogP contribution >= 0.6 is 0 Å². The molecule has 116 valence electrons. The Morgan fingerprint density at radius 3 is 2.32 bits per heavy atom. The van der Waals surface area contributed by atoms with Crippen molar-refractivity contribution in [3.05, 3.63) is 52.3 Å². The van der Waals surface area contributed by atoms with Gasteiger partial charge in [0.2, 0.25) is 0 Å². The molecule has 1 N–H and O–H groups in total. The summed E-state index contributed by atoms with van der Waals surface area (Å²) in [6.07, 6.45) is 2.48. The molecule has 0 aliphatic heterocycles. The monoisotopic (exact) mass is 296 g/mol. The summed E-state index contributed by atoms with van der Waals surface area (Å²) >= 11 is 0. The summed E-state index contributed by atoms with van der Waals surface area (Å²) in [5.74, 6) is 0.166. The largest absolute Gasteiger partial charge is 0.378 e. The van der Waals surface area contributed by atoms with Gasteiger partial charge < -0.3 is 9.88 Å². The molecule has 0 bridgehead atoms. The summed E-state index contributed by atoms with van der Waals surface area (Å²) in [5, 5.41) is 3.27. The zero-order valence-corrected chi connectivity index (χ0v) is 13.9. The predicted molar refractivity (Wildman–Crippen MR) is 90.9 cm³/mol. The Hall–Kier alpha value is -2.03. The molecule has 0 amide bonds. The van der Waals surface area contributed by atoms with E-state index in [1.54, 1.807) is 0 Å². The third-order valence-corrected chi connectivity index (χ3v) is 4.37. The zero-order chi connectivity index (χ0) is 15.9. The van der Waals surface area contributed by atoms with Crippen LogP contribution in [0.25, 0.3) is 0 Å². The van der Waals surface area contributed by atoms with E-state index in [-0.39, 0.29) is 5.78 Å². The Kier molecular flexibility index (Phi) is 3.81. The van der Waals surface area contributed by atoms with Crippen LogP contribution in [0.15, 0.2) is 24.3 Å². The van der Waals surface area contributed by atoms with Crippen LogP contribution in [0.2, 0.25) is 0 Å².